The van der Waals surface area contributed by atoms with E-state index in [1.807, 2.05) is 31.2 Å². The molecule has 1 fully saturated rings. The predicted octanol–water partition coefficient (Wildman–Crippen LogP) is 2.85. The maximum Gasteiger partial charge on any atom is 0.295 e. The largest absolute Gasteiger partial charge is 0.424 e. The number of oxazole rings is 1. The molecule has 3 aromatic rings. The Labute approximate surface area is 140 Å². The Morgan fingerprint density at radius 3 is 3.04 bits per heavy atom. The van der Waals surface area contributed by atoms with Gasteiger partial charge in [0.15, 0.2) is 11.4 Å². The zero-order valence-electron chi connectivity index (χ0n) is 13.7. The summed E-state index contributed by atoms with van der Waals surface area (Å²) < 4.78 is 10.9. The fraction of sp³-hybridized carbons (Fsp3) is 0.471. The molecule has 0 spiro atoms. The molecule has 0 amide bonds. The minimum atomic E-state index is 0.310. The number of nitrogens with zero attached hydrogens (tertiary/aromatic N) is 4. The van der Waals surface area contributed by atoms with Crippen LogP contribution in [0, 0.1) is 0 Å². The Kier molecular flexibility index (Phi) is 4.17. The summed E-state index contributed by atoms with van der Waals surface area (Å²) in [5.74, 6) is 1.46. The topological polar surface area (TPSA) is 80.2 Å². The molecule has 0 saturated carbocycles. The number of aryl methyl sites for hydroxylation is 1. The first-order valence-corrected chi connectivity index (χ1v) is 8.46. The molecule has 0 bridgehead atoms. The van der Waals surface area contributed by atoms with Crippen LogP contribution in [0.5, 0.6) is 0 Å². The average molecular weight is 327 g/mol. The lowest BCUT2D eigenvalue weighted by Gasteiger charge is -2.31. The zero-order valence-corrected chi connectivity index (χ0v) is 13.7. The first-order chi connectivity index (χ1) is 11.8. The Bertz CT molecular complexity index is 779. The van der Waals surface area contributed by atoms with Gasteiger partial charge in [0, 0.05) is 19.0 Å². The van der Waals surface area contributed by atoms with Crippen LogP contribution >= 0.6 is 0 Å². The number of benzene rings is 1. The molecule has 7 heteroatoms. The van der Waals surface area contributed by atoms with Crippen LogP contribution in [0.15, 0.2) is 33.2 Å². The van der Waals surface area contributed by atoms with Crippen LogP contribution in [-0.2, 0) is 13.0 Å². The van der Waals surface area contributed by atoms with E-state index < -0.39 is 0 Å². The second-order valence-corrected chi connectivity index (χ2v) is 6.16. The van der Waals surface area contributed by atoms with Crippen molar-refractivity contribution in [2.45, 2.75) is 38.8 Å². The number of rotatable bonds is 5. The normalized spacial score (nSPS) is 19.0. The summed E-state index contributed by atoms with van der Waals surface area (Å²) in [6.45, 7) is 4.68. The molecule has 1 atom stereocenters. The van der Waals surface area contributed by atoms with Crippen molar-refractivity contribution in [3.8, 4) is 0 Å². The molecule has 0 radical (unpaired) electrons. The van der Waals surface area contributed by atoms with Crippen molar-refractivity contribution in [3.05, 3.63) is 36.0 Å². The van der Waals surface area contributed by atoms with E-state index in [1.165, 1.54) is 0 Å². The van der Waals surface area contributed by atoms with E-state index in [4.69, 9.17) is 8.94 Å². The van der Waals surface area contributed by atoms with E-state index in [-0.39, 0.29) is 0 Å². The van der Waals surface area contributed by atoms with Crippen molar-refractivity contribution in [1.82, 2.24) is 20.0 Å². The summed E-state index contributed by atoms with van der Waals surface area (Å²) >= 11 is 0. The summed E-state index contributed by atoms with van der Waals surface area (Å²) in [5, 5.41) is 7.46. The lowest BCUT2D eigenvalue weighted by Crippen LogP contribution is -2.41. The third kappa shape index (κ3) is 3.26. The average Bonchev–Trinajstić information content (AvgIpc) is 3.21. The molecule has 0 unspecified atom stereocenters. The monoisotopic (exact) mass is 327 g/mol. The Balaban J connectivity index is 1.39. The third-order valence-electron chi connectivity index (χ3n) is 4.30. The third-order valence-corrected chi connectivity index (χ3v) is 4.30. The van der Waals surface area contributed by atoms with Crippen molar-refractivity contribution < 1.29 is 8.94 Å². The molecule has 1 aliphatic heterocycles. The first kappa shape index (κ1) is 15.1. The van der Waals surface area contributed by atoms with Gasteiger partial charge in [-0.1, -0.05) is 24.2 Å². The highest BCUT2D eigenvalue weighted by molar-refractivity contribution is 5.74. The summed E-state index contributed by atoms with van der Waals surface area (Å²) in [6.07, 6.45) is 2.99. The van der Waals surface area contributed by atoms with Gasteiger partial charge in [-0.3, -0.25) is 4.90 Å². The number of aromatic nitrogens is 3. The molecule has 1 aromatic carbocycles. The van der Waals surface area contributed by atoms with Crippen LogP contribution in [0.4, 0.5) is 6.01 Å². The van der Waals surface area contributed by atoms with Gasteiger partial charge in [0.05, 0.1) is 6.54 Å². The maximum atomic E-state index is 5.76. The summed E-state index contributed by atoms with van der Waals surface area (Å²) in [5.41, 5.74) is 1.69. The molecule has 4 rings (SSSR count). The molecule has 2 aromatic heterocycles. The molecule has 126 valence electrons. The summed E-state index contributed by atoms with van der Waals surface area (Å²) in [4.78, 5) is 11.2. The van der Waals surface area contributed by atoms with Gasteiger partial charge in [-0.2, -0.15) is 9.97 Å². The summed E-state index contributed by atoms with van der Waals surface area (Å²) in [7, 11) is 0. The SMILES string of the molecule is CCc1nc(CN2CCC[C@@H](Nc3nc4ccccc4o3)C2)no1. The van der Waals surface area contributed by atoms with E-state index in [2.05, 4.69) is 25.3 Å². The number of para-hydroxylation sites is 2. The molecule has 1 N–H and O–H groups in total. The maximum absolute atomic E-state index is 5.76. The van der Waals surface area contributed by atoms with Gasteiger partial charge in [0.2, 0.25) is 5.89 Å². The van der Waals surface area contributed by atoms with Gasteiger partial charge in [0.25, 0.3) is 6.01 Å². The Morgan fingerprint density at radius 2 is 2.21 bits per heavy atom. The van der Waals surface area contributed by atoms with Gasteiger partial charge >= 0.3 is 0 Å². The second-order valence-electron chi connectivity index (χ2n) is 6.16. The molecule has 7 nitrogen and oxygen atoms in total. The number of hydrogen-bond donors (Lipinski definition) is 1. The minimum absolute atomic E-state index is 0.310. The summed E-state index contributed by atoms with van der Waals surface area (Å²) in [6, 6.07) is 8.71. The van der Waals surface area contributed by atoms with E-state index in [0.717, 1.165) is 55.8 Å². The van der Waals surface area contributed by atoms with Crippen molar-refractivity contribution in [2.75, 3.05) is 18.4 Å². The quantitative estimate of drug-likeness (QED) is 0.771. The van der Waals surface area contributed by atoms with Gasteiger partial charge < -0.3 is 14.3 Å². The Hall–Kier alpha value is -2.41. The van der Waals surface area contributed by atoms with Crippen LogP contribution in [0.25, 0.3) is 11.1 Å². The second kappa shape index (κ2) is 6.60. The highest BCUT2D eigenvalue weighted by Crippen LogP contribution is 2.21. The highest BCUT2D eigenvalue weighted by atomic mass is 16.5. The number of likely N-dealkylation sites (tertiary alicyclic amines) is 1. The fourth-order valence-corrected chi connectivity index (χ4v) is 3.12. The van der Waals surface area contributed by atoms with E-state index in [9.17, 15) is 0 Å². The van der Waals surface area contributed by atoms with Gasteiger partial charge in [-0.05, 0) is 31.5 Å². The molecule has 1 saturated heterocycles. The van der Waals surface area contributed by atoms with E-state index in [0.29, 0.717) is 17.9 Å². The van der Waals surface area contributed by atoms with Crippen molar-refractivity contribution >= 4 is 17.1 Å². The smallest absolute Gasteiger partial charge is 0.295 e. The number of anilines is 1. The first-order valence-electron chi connectivity index (χ1n) is 8.46. The van der Waals surface area contributed by atoms with E-state index in [1.54, 1.807) is 0 Å². The van der Waals surface area contributed by atoms with Crippen molar-refractivity contribution in [3.63, 3.8) is 0 Å². The number of fused-ring (bicyclic) bond motifs is 1. The van der Waals surface area contributed by atoms with Gasteiger partial charge in [0.1, 0.15) is 5.52 Å². The van der Waals surface area contributed by atoms with Gasteiger partial charge in [-0.15, -0.1) is 0 Å². The number of piperidine rings is 1. The minimum Gasteiger partial charge on any atom is -0.424 e. The van der Waals surface area contributed by atoms with Crippen molar-refractivity contribution in [1.29, 1.82) is 0 Å². The lowest BCUT2D eigenvalue weighted by atomic mass is 10.1. The van der Waals surface area contributed by atoms with Crippen LogP contribution in [0.2, 0.25) is 0 Å². The van der Waals surface area contributed by atoms with E-state index >= 15 is 0 Å². The number of hydrogen-bond acceptors (Lipinski definition) is 7. The molecule has 24 heavy (non-hydrogen) atoms. The molecular formula is C17H21N5O2. The molecule has 1 aliphatic rings. The molecular weight excluding hydrogens is 306 g/mol. The van der Waals surface area contributed by atoms with Crippen LogP contribution in [0.3, 0.4) is 0 Å². The van der Waals surface area contributed by atoms with Crippen LogP contribution in [-0.4, -0.2) is 39.2 Å². The predicted molar refractivity (Wildman–Crippen MR) is 89.6 cm³/mol. The molecule has 0 aliphatic carbocycles. The van der Waals surface area contributed by atoms with Crippen LogP contribution in [0.1, 0.15) is 31.5 Å². The zero-order chi connectivity index (χ0) is 16.4. The lowest BCUT2D eigenvalue weighted by molar-refractivity contribution is 0.200. The van der Waals surface area contributed by atoms with Gasteiger partial charge in [-0.25, -0.2) is 0 Å². The molecule has 3 heterocycles. The van der Waals surface area contributed by atoms with Crippen LogP contribution < -0.4 is 5.32 Å². The standard InChI is InChI=1S/C17H21N5O2/c1-2-16-20-15(21-24-16)11-22-9-5-6-12(10-22)18-17-19-13-7-3-4-8-14(13)23-17/h3-4,7-8,12H,2,5-6,9-11H2,1H3,(H,18,19)/t12-/m1/s1. The highest BCUT2D eigenvalue weighted by Gasteiger charge is 2.22. The Morgan fingerprint density at radius 1 is 1.29 bits per heavy atom. The number of nitrogens with one attached hydrogen (secondary N) is 1. The fourth-order valence-electron chi connectivity index (χ4n) is 3.12. The van der Waals surface area contributed by atoms with Crippen molar-refractivity contribution in [2.24, 2.45) is 0 Å².